The average molecular weight is 539 g/mol. The molecule has 0 N–H and O–H groups in total. The molecule has 4 aromatic carbocycles. The lowest BCUT2D eigenvalue weighted by atomic mass is 10.0. The van der Waals surface area contributed by atoms with Gasteiger partial charge >= 0.3 is 0 Å². The van der Waals surface area contributed by atoms with Crippen molar-refractivity contribution in [3.05, 3.63) is 123 Å². The van der Waals surface area contributed by atoms with Crippen molar-refractivity contribution in [2.24, 2.45) is 10.1 Å². The molecule has 0 fully saturated rings. The topological polar surface area (TPSA) is 91.2 Å². The van der Waals surface area contributed by atoms with E-state index >= 15 is 0 Å². The molecule has 2 heterocycles. The molecule has 0 unspecified atom stereocenters. The molecule has 1 aliphatic heterocycles. The number of hydrogen-bond donors (Lipinski definition) is 0. The number of nitrogens with zero attached hydrogens (tertiary/aromatic N) is 4. The van der Waals surface area contributed by atoms with Gasteiger partial charge in [0.05, 0.1) is 34.1 Å². The Labute approximate surface area is 225 Å². The van der Waals surface area contributed by atoms with Gasteiger partial charge in [-0.1, -0.05) is 54.6 Å². The molecule has 192 valence electrons. The summed E-state index contributed by atoms with van der Waals surface area (Å²) >= 11 is 1.35. The van der Waals surface area contributed by atoms with Crippen LogP contribution in [0.15, 0.2) is 106 Å². The van der Waals surface area contributed by atoms with Crippen LogP contribution in [0.2, 0.25) is 0 Å². The molecule has 10 heteroatoms. The summed E-state index contributed by atoms with van der Waals surface area (Å²) < 4.78 is 25.8. The Morgan fingerprint density at radius 2 is 1.56 bits per heavy atom. The molecular weight excluding hydrogens is 519 g/mol. The van der Waals surface area contributed by atoms with Gasteiger partial charge in [-0.05, 0) is 41.5 Å². The summed E-state index contributed by atoms with van der Waals surface area (Å²) in [4.78, 5) is 16.4. The predicted octanol–water partition coefficient (Wildman–Crippen LogP) is 6.77. The maximum absolute atomic E-state index is 13.4. The number of thiazole rings is 1. The minimum Gasteiger partial charge on any atom is -0.454 e. The molecule has 0 aliphatic carbocycles. The van der Waals surface area contributed by atoms with Gasteiger partial charge < -0.3 is 9.47 Å². The van der Waals surface area contributed by atoms with Gasteiger partial charge in [0.1, 0.15) is 5.82 Å². The summed E-state index contributed by atoms with van der Waals surface area (Å²) in [6, 6.07) is 26.7. The highest BCUT2D eigenvalue weighted by Crippen LogP contribution is 2.37. The summed E-state index contributed by atoms with van der Waals surface area (Å²) in [6.45, 7) is -0.00378. The summed E-state index contributed by atoms with van der Waals surface area (Å²) in [7, 11) is 0. The van der Waals surface area contributed by atoms with E-state index < -0.39 is 4.92 Å². The van der Waals surface area contributed by atoms with Crippen LogP contribution >= 0.6 is 11.3 Å². The van der Waals surface area contributed by atoms with Gasteiger partial charge in [0, 0.05) is 10.9 Å². The summed E-state index contributed by atoms with van der Waals surface area (Å²) in [5.41, 5.74) is 4.41. The lowest BCUT2D eigenvalue weighted by Crippen LogP contribution is -2.11. The van der Waals surface area contributed by atoms with Crippen LogP contribution in [0.1, 0.15) is 5.56 Å². The second-order valence-corrected chi connectivity index (χ2v) is 9.35. The number of ether oxygens (including phenoxy) is 2. The molecule has 0 atom stereocenters. The number of nitro groups is 1. The van der Waals surface area contributed by atoms with E-state index in [4.69, 9.17) is 9.47 Å². The fourth-order valence-corrected chi connectivity index (χ4v) is 4.96. The second kappa shape index (κ2) is 10.3. The van der Waals surface area contributed by atoms with Crippen LogP contribution < -0.4 is 14.3 Å². The molecule has 1 aliphatic rings. The summed E-state index contributed by atoms with van der Waals surface area (Å²) in [5, 5.41) is 18.3. The van der Waals surface area contributed by atoms with Crippen LogP contribution in [-0.2, 0) is 0 Å². The molecule has 1 aromatic heterocycles. The molecule has 0 spiro atoms. The van der Waals surface area contributed by atoms with Crippen molar-refractivity contribution in [2.75, 3.05) is 6.79 Å². The highest BCUT2D eigenvalue weighted by molar-refractivity contribution is 7.07. The van der Waals surface area contributed by atoms with Crippen molar-refractivity contribution in [3.63, 3.8) is 0 Å². The Morgan fingerprint density at radius 3 is 2.28 bits per heavy atom. The Bertz CT molecular complexity index is 1760. The highest BCUT2D eigenvalue weighted by Gasteiger charge is 2.22. The maximum atomic E-state index is 13.4. The first-order chi connectivity index (χ1) is 19.0. The van der Waals surface area contributed by atoms with Gasteiger partial charge in [-0.2, -0.15) is 5.10 Å². The SMILES string of the molecule is O=[N+]([O-])c1cc2c(cc1C=Nn1c(-c3ccc(-c4ccccc4)cc3)csc1=Nc1ccc(F)cc1)OCO2. The van der Waals surface area contributed by atoms with Crippen LogP contribution in [0.5, 0.6) is 11.5 Å². The smallest absolute Gasteiger partial charge is 0.282 e. The third-order valence-corrected chi connectivity index (χ3v) is 6.87. The fourth-order valence-electron chi connectivity index (χ4n) is 4.11. The maximum Gasteiger partial charge on any atom is 0.282 e. The molecule has 5 aromatic rings. The van der Waals surface area contributed by atoms with E-state index in [0.29, 0.717) is 22.0 Å². The van der Waals surface area contributed by atoms with E-state index in [0.717, 1.165) is 22.4 Å². The van der Waals surface area contributed by atoms with E-state index in [1.807, 2.05) is 60.0 Å². The van der Waals surface area contributed by atoms with E-state index in [1.54, 1.807) is 16.8 Å². The third kappa shape index (κ3) is 5.05. The van der Waals surface area contributed by atoms with Crippen molar-refractivity contribution < 1.29 is 18.8 Å². The normalized spacial score (nSPS) is 12.8. The van der Waals surface area contributed by atoms with Crippen molar-refractivity contribution in [3.8, 4) is 33.9 Å². The first-order valence-corrected chi connectivity index (χ1v) is 12.7. The zero-order chi connectivity index (χ0) is 26.8. The second-order valence-electron chi connectivity index (χ2n) is 8.51. The van der Waals surface area contributed by atoms with Gasteiger partial charge in [0.15, 0.2) is 11.5 Å². The van der Waals surface area contributed by atoms with Gasteiger partial charge in [0.25, 0.3) is 5.69 Å². The van der Waals surface area contributed by atoms with Crippen molar-refractivity contribution in [1.29, 1.82) is 0 Å². The largest absolute Gasteiger partial charge is 0.454 e. The van der Waals surface area contributed by atoms with Crippen LogP contribution in [0.25, 0.3) is 22.4 Å². The fraction of sp³-hybridized carbons (Fsp3) is 0.0345. The Kier molecular flexibility index (Phi) is 6.44. The average Bonchev–Trinajstić information content (AvgIpc) is 3.59. The van der Waals surface area contributed by atoms with Gasteiger partial charge in [-0.25, -0.2) is 14.1 Å². The summed E-state index contributed by atoms with van der Waals surface area (Å²) in [5.74, 6) is 0.360. The number of aromatic nitrogens is 1. The molecule has 0 saturated carbocycles. The van der Waals surface area contributed by atoms with Crippen molar-refractivity contribution in [2.45, 2.75) is 0 Å². The van der Waals surface area contributed by atoms with Gasteiger partial charge in [-0.15, -0.1) is 11.3 Å². The zero-order valence-electron chi connectivity index (χ0n) is 20.2. The minimum atomic E-state index is -0.491. The summed E-state index contributed by atoms with van der Waals surface area (Å²) in [6.07, 6.45) is 1.40. The number of nitro benzene ring substituents is 1. The van der Waals surface area contributed by atoms with Crippen LogP contribution in [0.4, 0.5) is 15.8 Å². The highest BCUT2D eigenvalue weighted by atomic mass is 32.1. The van der Waals surface area contributed by atoms with Crippen molar-refractivity contribution >= 4 is 28.9 Å². The van der Waals surface area contributed by atoms with E-state index in [-0.39, 0.29) is 23.9 Å². The lowest BCUT2D eigenvalue weighted by Gasteiger charge is -2.06. The Morgan fingerprint density at radius 1 is 0.897 bits per heavy atom. The third-order valence-electron chi connectivity index (χ3n) is 6.06. The number of rotatable bonds is 6. The van der Waals surface area contributed by atoms with E-state index in [9.17, 15) is 14.5 Å². The molecule has 8 nitrogen and oxygen atoms in total. The van der Waals surface area contributed by atoms with Gasteiger partial charge in [-0.3, -0.25) is 10.1 Å². The molecule has 6 rings (SSSR count). The molecule has 0 radical (unpaired) electrons. The standard InChI is InChI=1S/C29H19FN4O4S/c30-23-10-12-24(13-11-23)32-29-33(31-16-22-14-27-28(38-18-37-27)15-25(22)34(35)36)26(17-39-29)21-8-6-20(7-9-21)19-4-2-1-3-5-19/h1-17H,18H2. The van der Waals surface area contributed by atoms with Crippen molar-refractivity contribution in [1.82, 2.24) is 4.68 Å². The molecular formula is C29H19FN4O4S. The molecule has 0 bridgehead atoms. The lowest BCUT2D eigenvalue weighted by molar-refractivity contribution is -0.385. The number of hydrogen-bond acceptors (Lipinski definition) is 7. The number of benzene rings is 4. The zero-order valence-corrected chi connectivity index (χ0v) is 21.0. The van der Waals surface area contributed by atoms with E-state index in [2.05, 4.69) is 10.1 Å². The molecule has 39 heavy (non-hydrogen) atoms. The first kappa shape index (κ1) is 24.3. The van der Waals surface area contributed by atoms with Gasteiger partial charge in [0.2, 0.25) is 11.6 Å². The Hall–Kier alpha value is -5.09. The quantitative estimate of drug-likeness (QED) is 0.135. The number of fused-ring (bicyclic) bond motifs is 1. The molecule has 0 saturated heterocycles. The van der Waals surface area contributed by atoms with Crippen LogP contribution in [0.3, 0.4) is 0 Å². The first-order valence-electron chi connectivity index (χ1n) is 11.8. The van der Waals surface area contributed by atoms with E-state index in [1.165, 1.54) is 41.8 Å². The number of halogens is 1. The van der Waals surface area contributed by atoms with Crippen LogP contribution in [0, 0.1) is 15.9 Å². The molecule has 0 amide bonds. The monoisotopic (exact) mass is 538 g/mol. The Balaban J connectivity index is 1.45. The van der Waals surface area contributed by atoms with Crippen LogP contribution in [-0.4, -0.2) is 22.6 Å². The minimum absolute atomic E-state index is 0.00378. The predicted molar refractivity (Wildman–Crippen MR) is 147 cm³/mol.